The molecule has 2 N–H and O–H groups in total. The Balaban J connectivity index is 1.66. The third-order valence-electron chi connectivity index (χ3n) is 6.34. The Labute approximate surface area is 177 Å². The van der Waals surface area contributed by atoms with Gasteiger partial charge in [0.25, 0.3) is 5.91 Å². The summed E-state index contributed by atoms with van der Waals surface area (Å²) in [4.78, 5) is 15.3. The van der Waals surface area contributed by atoms with Gasteiger partial charge in [0.1, 0.15) is 9.84 Å². The minimum absolute atomic E-state index is 0.0620. The maximum absolute atomic E-state index is 13.8. The largest absolute Gasteiger partial charge is 0.334 e. The molecule has 6 nitrogen and oxygen atoms in total. The van der Waals surface area contributed by atoms with E-state index in [-0.39, 0.29) is 23.0 Å². The molecule has 2 aromatic rings. The van der Waals surface area contributed by atoms with Crippen LogP contribution < -0.4 is 5.32 Å². The molecule has 1 heterocycles. The van der Waals surface area contributed by atoms with Crippen LogP contribution in [-0.2, 0) is 20.2 Å². The first kappa shape index (κ1) is 20.6. The van der Waals surface area contributed by atoms with E-state index in [9.17, 15) is 13.2 Å². The van der Waals surface area contributed by atoms with Crippen molar-refractivity contribution in [1.82, 2.24) is 10.2 Å². The number of sulfone groups is 1. The van der Waals surface area contributed by atoms with Crippen LogP contribution in [0.3, 0.4) is 0 Å². The smallest absolute Gasteiger partial charge is 0.264 e. The second kappa shape index (κ2) is 7.87. The van der Waals surface area contributed by atoms with Gasteiger partial charge in [0.2, 0.25) is 0 Å². The third-order valence-corrected chi connectivity index (χ3v) is 7.98. The van der Waals surface area contributed by atoms with Crippen LogP contribution in [0.25, 0.3) is 0 Å². The van der Waals surface area contributed by atoms with Crippen molar-refractivity contribution in [3.8, 4) is 0 Å². The van der Waals surface area contributed by atoms with Crippen LogP contribution >= 0.6 is 0 Å². The number of rotatable bonds is 5. The monoisotopic (exact) mass is 425 g/mol. The van der Waals surface area contributed by atoms with E-state index in [1.54, 1.807) is 0 Å². The normalized spacial score (nSPS) is 24.0. The summed E-state index contributed by atoms with van der Waals surface area (Å²) >= 11 is 0. The van der Waals surface area contributed by atoms with Gasteiger partial charge >= 0.3 is 0 Å². The number of nitrogens with zero attached hydrogens (tertiary/aromatic N) is 1. The highest BCUT2D eigenvalue weighted by Gasteiger charge is 2.52. The fourth-order valence-corrected chi connectivity index (χ4v) is 5.98. The number of carbonyl (C=O) groups is 1. The standard InChI is InChI=1S/C23H27N3O3S/c1-30(28,29)20-14-8-9-17(15-20)16-26-21(27)23(25-22(26)24,18-10-4-2-5-11-18)19-12-6-3-7-13-19/h2-7,10-13,17,20H,8-9,14-16H2,1H3,(H2,24,25)/t17-,20?/m0/s1. The highest BCUT2D eigenvalue weighted by atomic mass is 32.2. The van der Waals surface area contributed by atoms with Gasteiger partial charge in [-0.2, -0.15) is 0 Å². The van der Waals surface area contributed by atoms with Gasteiger partial charge in [0.15, 0.2) is 11.5 Å². The summed E-state index contributed by atoms with van der Waals surface area (Å²) in [5, 5.41) is 11.4. The SMILES string of the molecule is CS(=O)(=O)C1CCC[C@H](CN2C(=N)NC(c3ccccc3)(c3ccccc3)C2=O)C1. The summed E-state index contributed by atoms with van der Waals surface area (Å²) in [6.45, 7) is 0.359. The van der Waals surface area contributed by atoms with E-state index in [1.165, 1.54) is 11.2 Å². The molecule has 2 fully saturated rings. The van der Waals surface area contributed by atoms with Crippen molar-refractivity contribution in [2.45, 2.75) is 36.5 Å². The Morgan fingerprint density at radius 1 is 1.03 bits per heavy atom. The first-order valence-electron chi connectivity index (χ1n) is 10.3. The fourth-order valence-electron chi connectivity index (χ4n) is 4.77. The van der Waals surface area contributed by atoms with Crippen LogP contribution in [0.4, 0.5) is 0 Å². The Kier molecular flexibility index (Phi) is 5.40. The average Bonchev–Trinajstić information content (AvgIpc) is 3.00. The lowest BCUT2D eigenvalue weighted by atomic mass is 9.82. The summed E-state index contributed by atoms with van der Waals surface area (Å²) in [5.74, 6) is -0.0625. The van der Waals surface area contributed by atoms with Gasteiger partial charge in [-0.3, -0.25) is 15.1 Å². The van der Waals surface area contributed by atoms with E-state index >= 15 is 0 Å². The van der Waals surface area contributed by atoms with Gasteiger partial charge in [-0.15, -0.1) is 0 Å². The highest BCUT2D eigenvalue weighted by molar-refractivity contribution is 7.91. The van der Waals surface area contributed by atoms with E-state index in [2.05, 4.69) is 5.32 Å². The van der Waals surface area contributed by atoms with E-state index in [1.807, 2.05) is 60.7 Å². The van der Waals surface area contributed by atoms with E-state index in [0.717, 1.165) is 24.0 Å². The molecule has 1 saturated carbocycles. The van der Waals surface area contributed by atoms with Gasteiger partial charge in [-0.05, 0) is 36.3 Å². The fraction of sp³-hybridized carbons (Fsp3) is 0.391. The summed E-state index contributed by atoms with van der Waals surface area (Å²) < 4.78 is 24.1. The number of nitrogens with one attached hydrogen (secondary N) is 2. The molecule has 2 aromatic carbocycles. The van der Waals surface area contributed by atoms with Crippen molar-refractivity contribution in [3.05, 3.63) is 71.8 Å². The number of amides is 1. The zero-order chi connectivity index (χ0) is 21.4. The molecule has 4 rings (SSSR count). The molecule has 1 saturated heterocycles. The molecule has 1 aliphatic heterocycles. The molecule has 0 radical (unpaired) electrons. The Bertz CT molecular complexity index is 998. The van der Waals surface area contributed by atoms with E-state index < -0.39 is 15.4 Å². The Morgan fingerprint density at radius 3 is 2.13 bits per heavy atom. The minimum Gasteiger partial charge on any atom is -0.334 e. The van der Waals surface area contributed by atoms with Crippen LogP contribution in [-0.4, -0.2) is 43.2 Å². The first-order chi connectivity index (χ1) is 14.3. The second-order valence-corrected chi connectivity index (χ2v) is 10.7. The van der Waals surface area contributed by atoms with Crippen LogP contribution in [0.1, 0.15) is 36.8 Å². The van der Waals surface area contributed by atoms with Crippen LogP contribution in [0.15, 0.2) is 60.7 Å². The van der Waals surface area contributed by atoms with Gasteiger partial charge in [0.05, 0.1) is 5.25 Å². The highest BCUT2D eigenvalue weighted by Crippen LogP contribution is 2.37. The van der Waals surface area contributed by atoms with Crippen molar-refractivity contribution >= 4 is 21.7 Å². The molecule has 0 bridgehead atoms. The van der Waals surface area contributed by atoms with E-state index in [4.69, 9.17) is 5.41 Å². The number of carbonyl (C=O) groups excluding carboxylic acids is 1. The van der Waals surface area contributed by atoms with Crippen molar-refractivity contribution in [2.24, 2.45) is 5.92 Å². The van der Waals surface area contributed by atoms with Crippen molar-refractivity contribution in [1.29, 1.82) is 5.41 Å². The maximum atomic E-state index is 13.8. The number of benzene rings is 2. The van der Waals surface area contributed by atoms with Gasteiger partial charge in [0, 0.05) is 12.8 Å². The van der Waals surface area contributed by atoms with Crippen LogP contribution in [0, 0.1) is 11.3 Å². The summed E-state index contributed by atoms with van der Waals surface area (Å²) in [6.07, 6.45) is 4.21. The van der Waals surface area contributed by atoms with Gasteiger partial charge in [-0.1, -0.05) is 67.1 Å². The van der Waals surface area contributed by atoms with Crippen LogP contribution in [0.5, 0.6) is 0 Å². The maximum Gasteiger partial charge on any atom is 0.264 e. The zero-order valence-electron chi connectivity index (χ0n) is 17.0. The molecule has 2 atom stereocenters. The molecule has 30 heavy (non-hydrogen) atoms. The second-order valence-electron chi connectivity index (χ2n) is 8.36. The zero-order valence-corrected chi connectivity index (χ0v) is 17.9. The van der Waals surface area contributed by atoms with Crippen molar-refractivity contribution < 1.29 is 13.2 Å². The quantitative estimate of drug-likeness (QED) is 0.771. The topological polar surface area (TPSA) is 90.3 Å². The number of hydrogen-bond acceptors (Lipinski definition) is 4. The molecule has 0 spiro atoms. The molecular formula is C23H27N3O3S. The molecule has 1 aliphatic carbocycles. The lowest BCUT2D eigenvalue weighted by Gasteiger charge is -2.31. The summed E-state index contributed by atoms with van der Waals surface area (Å²) in [7, 11) is -3.10. The molecule has 1 unspecified atom stereocenters. The predicted octanol–water partition coefficient (Wildman–Crippen LogP) is 2.90. The molecule has 7 heteroatoms. The van der Waals surface area contributed by atoms with Crippen molar-refractivity contribution in [3.63, 3.8) is 0 Å². The Morgan fingerprint density at radius 2 is 1.60 bits per heavy atom. The van der Waals surface area contributed by atoms with Gasteiger partial charge in [-0.25, -0.2) is 8.42 Å². The number of hydrogen-bond donors (Lipinski definition) is 2. The van der Waals surface area contributed by atoms with Crippen LogP contribution in [0.2, 0.25) is 0 Å². The van der Waals surface area contributed by atoms with Gasteiger partial charge < -0.3 is 5.32 Å². The third kappa shape index (κ3) is 3.62. The summed E-state index contributed by atoms with van der Waals surface area (Å²) in [5.41, 5.74) is 0.419. The van der Waals surface area contributed by atoms with Crippen molar-refractivity contribution in [2.75, 3.05) is 12.8 Å². The number of guanidine groups is 1. The molecule has 158 valence electrons. The Hall–Kier alpha value is -2.67. The lowest BCUT2D eigenvalue weighted by molar-refractivity contribution is -0.130. The molecule has 0 aromatic heterocycles. The molecular weight excluding hydrogens is 398 g/mol. The lowest BCUT2D eigenvalue weighted by Crippen LogP contribution is -2.45. The molecule has 1 amide bonds. The average molecular weight is 426 g/mol. The predicted molar refractivity (Wildman–Crippen MR) is 117 cm³/mol. The molecule has 2 aliphatic rings. The summed E-state index contributed by atoms with van der Waals surface area (Å²) in [6, 6.07) is 18.9. The minimum atomic E-state index is -3.10. The first-order valence-corrected chi connectivity index (χ1v) is 12.3. The van der Waals surface area contributed by atoms with E-state index in [0.29, 0.717) is 19.4 Å².